The predicted octanol–water partition coefficient (Wildman–Crippen LogP) is 2.54. The number of amides is 2. The zero-order chi connectivity index (χ0) is 20.6. The largest absolute Gasteiger partial charge is 0.497 e. The fourth-order valence-corrected chi connectivity index (χ4v) is 3.27. The Kier molecular flexibility index (Phi) is 7.46. The van der Waals surface area contributed by atoms with Gasteiger partial charge < -0.3 is 15.4 Å². The Balaban J connectivity index is 1.38. The molecule has 1 heterocycles. The number of methoxy groups -OCH3 is 1. The number of carbonyl (C=O) groups excluding carboxylic acids is 2. The number of carbonyl (C=O) groups is 2. The number of hydrogen-bond acceptors (Lipinski definition) is 5. The first-order valence-electron chi connectivity index (χ1n) is 9.46. The molecular formula is C21H25ClN4O3. The van der Waals surface area contributed by atoms with Gasteiger partial charge in [-0.3, -0.25) is 19.4 Å². The highest BCUT2D eigenvalue weighted by molar-refractivity contribution is 6.30. The summed E-state index contributed by atoms with van der Waals surface area (Å²) in [6.45, 7) is 3.59. The molecule has 2 N–H and O–H groups in total. The van der Waals surface area contributed by atoms with Crippen molar-refractivity contribution >= 4 is 34.8 Å². The topological polar surface area (TPSA) is 73.9 Å². The van der Waals surface area contributed by atoms with Gasteiger partial charge in [0.15, 0.2) is 0 Å². The van der Waals surface area contributed by atoms with E-state index in [4.69, 9.17) is 16.3 Å². The van der Waals surface area contributed by atoms with Crippen LogP contribution in [0.25, 0.3) is 0 Å². The van der Waals surface area contributed by atoms with E-state index in [-0.39, 0.29) is 11.8 Å². The van der Waals surface area contributed by atoms with E-state index in [1.165, 1.54) is 0 Å². The van der Waals surface area contributed by atoms with Crippen molar-refractivity contribution in [3.05, 3.63) is 53.6 Å². The lowest BCUT2D eigenvalue weighted by atomic mass is 10.2. The summed E-state index contributed by atoms with van der Waals surface area (Å²) in [6, 6.07) is 14.3. The molecule has 3 rings (SSSR count). The van der Waals surface area contributed by atoms with E-state index >= 15 is 0 Å². The number of hydrogen-bond donors (Lipinski definition) is 2. The molecule has 0 unspecified atom stereocenters. The van der Waals surface area contributed by atoms with Crippen molar-refractivity contribution < 1.29 is 14.3 Å². The highest BCUT2D eigenvalue weighted by Crippen LogP contribution is 2.17. The number of anilines is 2. The lowest BCUT2D eigenvalue weighted by Crippen LogP contribution is -2.50. The van der Waals surface area contributed by atoms with Crippen LogP contribution in [0.3, 0.4) is 0 Å². The molecule has 0 spiro atoms. The van der Waals surface area contributed by atoms with Gasteiger partial charge in [0, 0.05) is 48.6 Å². The summed E-state index contributed by atoms with van der Waals surface area (Å²) in [6.07, 6.45) is 0. The molecule has 2 aromatic carbocycles. The summed E-state index contributed by atoms with van der Waals surface area (Å²) in [5.74, 6) is 0.581. The van der Waals surface area contributed by atoms with Gasteiger partial charge in [-0.05, 0) is 36.4 Å². The smallest absolute Gasteiger partial charge is 0.238 e. The van der Waals surface area contributed by atoms with Crippen molar-refractivity contribution in [2.24, 2.45) is 0 Å². The third-order valence-corrected chi connectivity index (χ3v) is 4.93. The molecule has 1 fully saturated rings. The van der Waals surface area contributed by atoms with Gasteiger partial charge in [-0.1, -0.05) is 17.7 Å². The van der Waals surface area contributed by atoms with Crippen LogP contribution in [0.1, 0.15) is 0 Å². The Labute approximate surface area is 175 Å². The molecule has 2 amide bonds. The average molecular weight is 417 g/mol. The molecule has 0 saturated carbocycles. The van der Waals surface area contributed by atoms with Crippen molar-refractivity contribution in [1.29, 1.82) is 0 Å². The summed E-state index contributed by atoms with van der Waals surface area (Å²) in [7, 11) is 1.59. The van der Waals surface area contributed by atoms with Crippen LogP contribution in [0.15, 0.2) is 48.5 Å². The minimum absolute atomic E-state index is 0.0588. The van der Waals surface area contributed by atoms with Gasteiger partial charge in [0.05, 0.1) is 20.2 Å². The van der Waals surface area contributed by atoms with E-state index in [0.29, 0.717) is 29.5 Å². The normalized spacial score (nSPS) is 15.0. The number of piperazine rings is 1. The summed E-state index contributed by atoms with van der Waals surface area (Å²) >= 11 is 5.85. The molecule has 2 aromatic rings. The first kappa shape index (κ1) is 21.1. The highest BCUT2D eigenvalue weighted by Gasteiger charge is 2.20. The molecule has 0 radical (unpaired) electrons. The second kappa shape index (κ2) is 10.2. The number of rotatable bonds is 7. The molecule has 0 bridgehead atoms. The Morgan fingerprint density at radius 3 is 2.00 bits per heavy atom. The SMILES string of the molecule is COc1cccc(NC(=O)CN2CCN(CC(=O)Nc3ccc(Cl)cc3)CC2)c1. The summed E-state index contributed by atoms with van der Waals surface area (Å²) in [5, 5.41) is 6.39. The van der Waals surface area contributed by atoms with Crippen molar-refractivity contribution in [3.8, 4) is 5.75 Å². The van der Waals surface area contributed by atoms with Crippen LogP contribution in [-0.2, 0) is 9.59 Å². The molecule has 7 nitrogen and oxygen atoms in total. The highest BCUT2D eigenvalue weighted by atomic mass is 35.5. The number of ether oxygens (including phenoxy) is 1. The lowest BCUT2D eigenvalue weighted by Gasteiger charge is -2.33. The van der Waals surface area contributed by atoms with Crippen molar-refractivity contribution in [2.45, 2.75) is 0 Å². The minimum Gasteiger partial charge on any atom is -0.497 e. The van der Waals surface area contributed by atoms with Gasteiger partial charge in [0.25, 0.3) is 0 Å². The molecule has 8 heteroatoms. The predicted molar refractivity (Wildman–Crippen MR) is 115 cm³/mol. The Morgan fingerprint density at radius 2 is 1.45 bits per heavy atom. The number of benzene rings is 2. The van der Waals surface area contributed by atoms with E-state index in [1.807, 2.05) is 18.2 Å². The number of nitrogens with one attached hydrogen (secondary N) is 2. The monoisotopic (exact) mass is 416 g/mol. The fourth-order valence-electron chi connectivity index (χ4n) is 3.15. The van der Waals surface area contributed by atoms with Crippen LogP contribution < -0.4 is 15.4 Å². The van der Waals surface area contributed by atoms with Gasteiger partial charge in [0.1, 0.15) is 5.75 Å². The molecule has 0 atom stereocenters. The summed E-state index contributed by atoms with van der Waals surface area (Å²) in [4.78, 5) is 28.7. The molecule has 1 aliphatic heterocycles. The van der Waals surface area contributed by atoms with Gasteiger partial charge in [-0.25, -0.2) is 0 Å². The van der Waals surface area contributed by atoms with E-state index in [1.54, 1.807) is 37.4 Å². The molecule has 29 heavy (non-hydrogen) atoms. The molecule has 1 aliphatic rings. The molecule has 0 aromatic heterocycles. The minimum atomic E-state index is -0.0628. The quantitative estimate of drug-likeness (QED) is 0.725. The van der Waals surface area contributed by atoms with Gasteiger partial charge in [0.2, 0.25) is 11.8 Å². The maximum Gasteiger partial charge on any atom is 0.238 e. The second-order valence-corrected chi connectivity index (χ2v) is 7.32. The van der Waals surface area contributed by atoms with Crippen molar-refractivity contribution in [1.82, 2.24) is 9.80 Å². The third kappa shape index (κ3) is 6.74. The standard InChI is InChI=1S/C21H25ClN4O3/c1-29-19-4-2-3-18(13-19)24-21(28)15-26-11-9-25(10-12-26)14-20(27)23-17-7-5-16(22)6-8-17/h2-8,13H,9-12,14-15H2,1H3,(H,23,27)(H,24,28). The molecule has 1 saturated heterocycles. The lowest BCUT2D eigenvalue weighted by molar-refractivity contribution is -0.120. The van der Waals surface area contributed by atoms with Gasteiger partial charge in [-0.2, -0.15) is 0 Å². The maximum atomic E-state index is 12.3. The van der Waals surface area contributed by atoms with Crippen molar-refractivity contribution in [3.63, 3.8) is 0 Å². The van der Waals surface area contributed by atoms with Crippen molar-refractivity contribution in [2.75, 3.05) is 57.0 Å². The third-order valence-electron chi connectivity index (χ3n) is 4.68. The van der Waals surface area contributed by atoms with Crippen LogP contribution in [0, 0.1) is 0 Å². The van der Waals surface area contributed by atoms with E-state index in [9.17, 15) is 9.59 Å². The molecular weight excluding hydrogens is 392 g/mol. The van der Waals surface area contributed by atoms with E-state index < -0.39 is 0 Å². The van der Waals surface area contributed by atoms with E-state index in [2.05, 4.69) is 20.4 Å². The molecule has 0 aliphatic carbocycles. The van der Waals surface area contributed by atoms with Crippen LogP contribution in [-0.4, -0.2) is 68.0 Å². The first-order valence-corrected chi connectivity index (χ1v) is 9.83. The van der Waals surface area contributed by atoms with Crippen LogP contribution >= 0.6 is 11.6 Å². The zero-order valence-electron chi connectivity index (χ0n) is 16.4. The van der Waals surface area contributed by atoms with Gasteiger partial charge in [-0.15, -0.1) is 0 Å². The first-order chi connectivity index (χ1) is 14.0. The number of nitrogens with zero attached hydrogens (tertiary/aromatic N) is 2. The average Bonchev–Trinajstić information content (AvgIpc) is 2.71. The van der Waals surface area contributed by atoms with Crippen LogP contribution in [0.5, 0.6) is 5.75 Å². The zero-order valence-corrected chi connectivity index (χ0v) is 17.1. The Hall–Kier alpha value is -2.61. The summed E-state index contributed by atoms with van der Waals surface area (Å²) < 4.78 is 5.17. The summed E-state index contributed by atoms with van der Waals surface area (Å²) in [5.41, 5.74) is 1.44. The van der Waals surface area contributed by atoms with Crippen LogP contribution in [0.2, 0.25) is 5.02 Å². The Morgan fingerprint density at radius 1 is 0.897 bits per heavy atom. The van der Waals surface area contributed by atoms with Gasteiger partial charge >= 0.3 is 0 Å². The second-order valence-electron chi connectivity index (χ2n) is 6.89. The Bertz CT molecular complexity index is 836. The van der Waals surface area contributed by atoms with E-state index in [0.717, 1.165) is 31.9 Å². The van der Waals surface area contributed by atoms with Crippen LogP contribution in [0.4, 0.5) is 11.4 Å². The molecule has 154 valence electrons. The maximum absolute atomic E-state index is 12.3. The fraction of sp³-hybridized carbons (Fsp3) is 0.333. The number of halogens is 1.